The molecule has 218 valence electrons. The SMILES string of the molecule is C=CC(=O)N1CCN(c2nc(N3CCC(N(CC)CC)CC3)nc3c(=O)n(-c4c(O)cccc4F)c(C)cc23)CC1. The Kier molecular flexibility index (Phi) is 8.25. The molecule has 1 aromatic carbocycles. The number of halogens is 1. The standard InChI is InChI=1S/C30H38FN7O3/c1-5-25(40)35-15-17-36(18-16-35)28-22-19-20(4)38(27-23(31)9-8-10-24(27)39)29(41)26(22)32-30(33-28)37-13-11-21(12-14-37)34(6-2)7-3/h5,8-10,19,21,39H,1,6-7,11-18H2,2-4H3. The molecule has 2 fully saturated rings. The zero-order chi connectivity index (χ0) is 29.3. The second kappa shape index (κ2) is 11.9. The molecule has 0 saturated carbocycles. The first-order valence-electron chi connectivity index (χ1n) is 14.3. The van der Waals surface area contributed by atoms with Gasteiger partial charge in [0.15, 0.2) is 5.82 Å². The van der Waals surface area contributed by atoms with Gasteiger partial charge in [0.05, 0.1) is 5.39 Å². The number of para-hydroxylation sites is 1. The Morgan fingerprint density at radius 2 is 1.78 bits per heavy atom. The minimum atomic E-state index is -0.703. The second-order valence-electron chi connectivity index (χ2n) is 10.6. The quantitative estimate of drug-likeness (QED) is 0.438. The molecule has 1 amide bonds. The number of piperidine rings is 1. The summed E-state index contributed by atoms with van der Waals surface area (Å²) < 4.78 is 16.1. The van der Waals surface area contributed by atoms with Gasteiger partial charge in [-0.25, -0.2) is 9.37 Å². The van der Waals surface area contributed by atoms with E-state index in [0.717, 1.165) is 39.0 Å². The summed E-state index contributed by atoms with van der Waals surface area (Å²) in [5.41, 5.74) is -0.117. The summed E-state index contributed by atoms with van der Waals surface area (Å²) in [5.74, 6) is -0.0690. The van der Waals surface area contributed by atoms with Crippen LogP contribution < -0.4 is 15.4 Å². The maximum absolute atomic E-state index is 14.9. The largest absolute Gasteiger partial charge is 0.506 e. The molecule has 11 heteroatoms. The molecule has 0 bridgehead atoms. The van der Waals surface area contributed by atoms with Gasteiger partial charge in [-0.05, 0) is 57.1 Å². The van der Waals surface area contributed by atoms with Crippen LogP contribution in [0.1, 0.15) is 32.4 Å². The normalized spacial score (nSPS) is 16.6. The number of fused-ring (bicyclic) bond motifs is 1. The average molecular weight is 564 g/mol. The summed E-state index contributed by atoms with van der Waals surface area (Å²) in [4.78, 5) is 44.4. The van der Waals surface area contributed by atoms with E-state index in [0.29, 0.717) is 55.1 Å². The molecule has 5 rings (SSSR count). The summed E-state index contributed by atoms with van der Waals surface area (Å²) in [6.07, 6.45) is 3.24. The minimum absolute atomic E-state index is 0.114. The number of benzene rings is 1. The van der Waals surface area contributed by atoms with Crippen LogP contribution in [0.2, 0.25) is 0 Å². The molecule has 0 radical (unpaired) electrons. The number of aryl methyl sites for hydroxylation is 1. The minimum Gasteiger partial charge on any atom is -0.506 e. The van der Waals surface area contributed by atoms with Crippen molar-refractivity contribution in [3.8, 4) is 11.4 Å². The van der Waals surface area contributed by atoms with E-state index in [-0.39, 0.29) is 22.9 Å². The summed E-state index contributed by atoms with van der Waals surface area (Å²) in [6.45, 7) is 15.2. The molecule has 0 spiro atoms. The van der Waals surface area contributed by atoms with Crippen LogP contribution in [0.5, 0.6) is 5.75 Å². The van der Waals surface area contributed by atoms with Gasteiger partial charge in [-0.3, -0.25) is 14.2 Å². The Morgan fingerprint density at radius 1 is 1.10 bits per heavy atom. The lowest BCUT2D eigenvalue weighted by Crippen LogP contribution is -2.49. The van der Waals surface area contributed by atoms with Crippen molar-refractivity contribution in [3.63, 3.8) is 0 Å². The lowest BCUT2D eigenvalue weighted by molar-refractivity contribution is -0.126. The molecule has 41 heavy (non-hydrogen) atoms. The van der Waals surface area contributed by atoms with Crippen LogP contribution in [0, 0.1) is 12.7 Å². The van der Waals surface area contributed by atoms with Gasteiger partial charge in [0, 0.05) is 51.0 Å². The average Bonchev–Trinajstić information content (AvgIpc) is 2.99. The number of hydrogen-bond acceptors (Lipinski definition) is 8. The molecular weight excluding hydrogens is 525 g/mol. The summed E-state index contributed by atoms with van der Waals surface area (Å²) in [7, 11) is 0. The van der Waals surface area contributed by atoms with Crippen LogP contribution >= 0.6 is 0 Å². The molecule has 0 atom stereocenters. The van der Waals surface area contributed by atoms with Crippen molar-refractivity contribution in [1.82, 2.24) is 24.3 Å². The molecule has 4 heterocycles. The highest BCUT2D eigenvalue weighted by Crippen LogP contribution is 2.31. The number of nitrogens with zero attached hydrogens (tertiary/aromatic N) is 7. The number of pyridine rings is 1. The molecule has 10 nitrogen and oxygen atoms in total. The molecule has 2 aliphatic rings. The first kappa shape index (κ1) is 28.5. The molecular formula is C30H38FN7O3. The molecule has 2 saturated heterocycles. The van der Waals surface area contributed by atoms with Gasteiger partial charge in [0.2, 0.25) is 11.9 Å². The number of anilines is 2. The van der Waals surface area contributed by atoms with Crippen molar-refractivity contribution in [1.29, 1.82) is 0 Å². The third-order valence-electron chi connectivity index (χ3n) is 8.36. The van der Waals surface area contributed by atoms with Crippen molar-refractivity contribution >= 4 is 28.6 Å². The molecule has 1 N–H and O–H groups in total. The smallest absolute Gasteiger partial charge is 0.282 e. The van der Waals surface area contributed by atoms with Crippen molar-refractivity contribution in [2.75, 3.05) is 62.2 Å². The molecule has 3 aromatic rings. The fraction of sp³-hybridized carbons (Fsp3) is 0.467. The van der Waals surface area contributed by atoms with E-state index in [9.17, 15) is 19.1 Å². The van der Waals surface area contributed by atoms with Crippen molar-refractivity contribution < 1.29 is 14.3 Å². The van der Waals surface area contributed by atoms with Gasteiger partial charge in [-0.2, -0.15) is 4.98 Å². The van der Waals surface area contributed by atoms with Gasteiger partial charge in [0.25, 0.3) is 5.56 Å². The monoisotopic (exact) mass is 563 g/mol. The number of amides is 1. The zero-order valence-corrected chi connectivity index (χ0v) is 24.0. The van der Waals surface area contributed by atoms with Crippen LogP contribution in [0.15, 0.2) is 41.7 Å². The van der Waals surface area contributed by atoms with Crippen molar-refractivity contribution in [2.45, 2.75) is 39.7 Å². The van der Waals surface area contributed by atoms with Crippen LogP contribution in [0.25, 0.3) is 16.6 Å². The van der Waals surface area contributed by atoms with E-state index in [1.165, 1.54) is 28.8 Å². The topological polar surface area (TPSA) is 98.0 Å². The van der Waals surface area contributed by atoms with Crippen LogP contribution in [-0.2, 0) is 4.79 Å². The van der Waals surface area contributed by atoms with Gasteiger partial charge in [-0.15, -0.1) is 0 Å². The highest BCUT2D eigenvalue weighted by Gasteiger charge is 2.29. The molecule has 2 aliphatic heterocycles. The van der Waals surface area contributed by atoms with Crippen LogP contribution in [-0.4, -0.2) is 93.7 Å². The molecule has 2 aromatic heterocycles. The van der Waals surface area contributed by atoms with Gasteiger partial charge >= 0.3 is 0 Å². The highest BCUT2D eigenvalue weighted by atomic mass is 19.1. The van der Waals surface area contributed by atoms with E-state index >= 15 is 0 Å². The summed E-state index contributed by atoms with van der Waals surface area (Å²) >= 11 is 0. The predicted octanol–water partition coefficient (Wildman–Crippen LogP) is 3.08. The van der Waals surface area contributed by atoms with Gasteiger partial charge < -0.3 is 24.7 Å². The van der Waals surface area contributed by atoms with Gasteiger partial charge in [-0.1, -0.05) is 26.5 Å². The first-order chi connectivity index (χ1) is 19.8. The lowest BCUT2D eigenvalue weighted by atomic mass is 10.0. The highest BCUT2D eigenvalue weighted by molar-refractivity contribution is 5.91. The number of rotatable bonds is 7. The lowest BCUT2D eigenvalue weighted by Gasteiger charge is -2.38. The number of carbonyl (C=O) groups excluding carboxylic acids is 1. The fourth-order valence-electron chi connectivity index (χ4n) is 6.11. The Labute approximate surface area is 239 Å². The Balaban J connectivity index is 1.60. The summed E-state index contributed by atoms with van der Waals surface area (Å²) in [5, 5.41) is 11.1. The van der Waals surface area contributed by atoms with Crippen molar-refractivity contribution in [2.24, 2.45) is 0 Å². The number of aromatic nitrogens is 3. The second-order valence-corrected chi connectivity index (χ2v) is 10.6. The first-order valence-corrected chi connectivity index (χ1v) is 14.3. The van der Waals surface area contributed by atoms with Crippen LogP contribution in [0.3, 0.4) is 0 Å². The number of piperazine rings is 1. The van der Waals surface area contributed by atoms with E-state index in [4.69, 9.17) is 9.97 Å². The Hall–Kier alpha value is -3.99. The van der Waals surface area contributed by atoms with Crippen molar-refractivity contribution in [3.05, 3.63) is 58.8 Å². The van der Waals surface area contributed by atoms with Gasteiger partial charge in [0.1, 0.15) is 22.8 Å². The third kappa shape index (κ3) is 5.38. The number of phenols is 1. The maximum atomic E-state index is 14.9. The summed E-state index contributed by atoms with van der Waals surface area (Å²) in [6, 6.07) is 6.23. The zero-order valence-electron chi connectivity index (χ0n) is 24.0. The third-order valence-corrected chi connectivity index (χ3v) is 8.36. The number of carbonyl (C=O) groups is 1. The number of phenolic OH excluding ortho intramolecular Hbond substituents is 1. The van der Waals surface area contributed by atoms with E-state index in [1.54, 1.807) is 17.9 Å². The molecule has 0 unspecified atom stereocenters. The Morgan fingerprint density at radius 3 is 2.39 bits per heavy atom. The van der Waals surface area contributed by atoms with Crippen LogP contribution in [0.4, 0.5) is 16.2 Å². The maximum Gasteiger partial charge on any atom is 0.282 e. The number of aromatic hydroxyl groups is 1. The fourth-order valence-corrected chi connectivity index (χ4v) is 6.11. The van der Waals surface area contributed by atoms with E-state index in [1.807, 2.05) is 0 Å². The van der Waals surface area contributed by atoms with E-state index in [2.05, 4.69) is 35.1 Å². The van der Waals surface area contributed by atoms with E-state index < -0.39 is 11.4 Å². The molecule has 0 aliphatic carbocycles. The predicted molar refractivity (Wildman–Crippen MR) is 159 cm³/mol. The number of hydrogen-bond donors (Lipinski definition) is 1. The Bertz CT molecular complexity index is 1480.